The van der Waals surface area contributed by atoms with E-state index in [-0.39, 0.29) is 10.7 Å². The number of hydrogen-bond donors (Lipinski definition) is 1. The Morgan fingerprint density at radius 3 is 2.38 bits per heavy atom. The van der Waals surface area contributed by atoms with Crippen LogP contribution in [-0.2, 0) is 19.6 Å². The van der Waals surface area contributed by atoms with Crippen molar-refractivity contribution >= 4 is 27.6 Å². The van der Waals surface area contributed by atoms with E-state index in [2.05, 4.69) is 19.2 Å². The second kappa shape index (κ2) is 8.79. The van der Waals surface area contributed by atoms with E-state index in [9.17, 15) is 18.0 Å². The first-order valence-corrected chi connectivity index (χ1v) is 10.8. The number of rotatable bonds is 6. The van der Waals surface area contributed by atoms with Crippen molar-refractivity contribution < 1.29 is 27.2 Å². The average molecular weight is 420 g/mol. The molecule has 2 atom stereocenters. The number of esters is 1. The summed E-state index contributed by atoms with van der Waals surface area (Å²) in [5.41, 5.74) is 0.406. The molecule has 9 heteroatoms. The van der Waals surface area contributed by atoms with Gasteiger partial charge in [0.05, 0.1) is 11.2 Å². The van der Waals surface area contributed by atoms with E-state index >= 15 is 0 Å². The number of carbonyl (C=O) groups excluding carboxylic acids is 2. The number of sulfonamides is 1. The summed E-state index contributed by atoms with van der Waals surface area (Å²) in [7, 11) is -3.58. The number of benzene rings is 1. The molecular weight excluding hydrogens is 396 g/mol. The van der Waals surface area contributed by atoms with Crippen LogP contribution >= 0.6 is 0 Å². The van der Waals surface area contributed by atoms with Crippen molar-refractivity contribution in [3.63, 3.8) is 0 Å². The minimum absolute atomic E-state index is 0.00806. The summed E-state index contributed by atoms with van der Waals surface area (Å²) in [5.74, 6) is -0.642. The van der Waals surface area contributed by atoms with Gasteiger partial charge in [0.1, 0.15) is 0 Å². The van der Waals surface area contributed by atoms with Crippen LogP contribution in [0.4, 0.5) is 5.69 Å². The number of nitrogens with one attached hydrogen (secondary N) is 1. The first kappa shape index (κ1) is 21.1. The lowest BCUT2D eigenvalue weighted by Gasteiger charge is -2.34. The Kier molecular flexibility index (Phi) is 6.39. The first-order valence-electron chi connectivity index (χ1n) is 9.36. The predicted octanol–water partition coefficient (Wildman–Crippen LogP) is 2.74. The molecule has 1 aromatic heterocycles. The van der Waals surface area contributed by atoms with Crippen molar-refractivity contribution in [1.82, 2.24) is 4.31 Å². The highest BCUT2D eigenvalue weighted by Gasteiger charge is 2.31. The fourth-order valence-corrected chi connectivity index (χ4v) is 5.13. The highest BCUT2D eigenvalue weighted by molar-refractivity contribution is 7.89. The summed E-state index contributed by atoms with van der Waals surface area (Å²) in [4.78, 5) is 23.8. The Morgan fingerprint density at radius 1 is 1.14 bits per heavy atom. The molecular formula is C20H24N2O6S. The molecule has 0 aliphatic carbocycles. The van der Waals surface area contributed by atoms with Gasteiger partial charge in [0.25, 0.3) is 5.91 Å². The molecule has 2 heterocycles. The summed E-state index contributed by atoms with van der Waals surface area (Å²) >= 11 is 0. The van der Waals surface area contributed by atoms with Gasteiger partial charge in [0, 0.05) is 18.8 Å². The number of nitrogens with zero attached hydrogens (tertiary/aromatic N) is 1. The minimum Gasteiger partial charge on any atom is -0.457 e. The van der Waals surface area contributed by atoms with E-state index in [1.165, 1.54) is 47.0 Å². The molecule has 8 nitrogen and oxygen atoms in total. The monoisotopic (exact) mass is 420 g/mol. The predicted molar refractivity (Wildman–Crippen MR) is 106 cm³/mol. The molecule has 29 heavy (non-hydrogen) atoms. The molecule has 1 N–H and O–H groups in total. The number of amides is 1. The van der Waals surface area contributed by atoms with Crippen molar-refractivity contribution in [2.75, 3.05) is 25.0 Å². The zero-order valence-corrected chi connectivity index (χ0v) is 17.1. The lowest BCUT2D eigenvalue weighted by molar-refractivity contribution is -0.119. The maximum atomic E-state index is 12.9. The summed E-state index contributed by atoms with van der Waals surface area (Å²) in [6, 6.07) is 8.92. The van der Waals surface area contributed by atoms with E-state index in [1.807, 2.05) is 0 Å². The Labute approximate surface area is 169 Å². The third kappa shape index (κ3) is 5.24. The molecule has 0 saturated carbocycles. The SMILES string of the molecule is C[C@@H]1C[C@H](C)CN(S(=O)(=O)c2ccc(NC(=O)COC(=O)c3ccco3)cc2)C1. The van der Waals surface area contributed by atoms with Crippen molar-refractivity contribution in [3.8, 4) is 0 Å². The Morgan fingerprint density at radius 2 is 1.79 bits per heavy atom. The van der Waals surface area contributed by atoms with Gasteiger partial charge < -0.3 is 14.5 Å². The number of hydrogen-bond acceptors (Lipinski definition) is 6. The number of piperidine rings is 1. The molecule has 156 valence electrons. The smallest absolute Gasteiger partial charge is 0.374 e. The van der Waals surface area contributed by atoms with Gasteiger partial charge in [-0.1, -0.05) is 13.8 Å². The molecule has 1 fully saturated rings. The maximum absolute atomic E-state index is 12.9. The molecule has 3 rings (SSSR count). The van der Waals surface area contributed by atoms with Gasteiger partial charge in [-0.15, -0.1) is 0 Å². The Balaban J connectivity index is 1.58. The van der Waals surface area contributed by atoms with Crippen LogP contribution < -0.4 is 5.32 Å². The van der Waals surface area contributed by atoms with Crippen LogP contribution in [0.5, 0.6) is 0 Å². The zero-order chi connectivity index (χ0) is 21.0. The van der Waals surface area contributed by atoms with Gasteiger partial charge in [-0.2, -0.15) is 4.31 Å². The molecule has 0 unspecified atom stereocenters. The third-order valence-corrected chi connectivity index (χ3v) is 6.51. The first-order chi connectivity index (χ1) is 13.8. The molecule has 0 spiro atoms. The van der Waals surface area contributed by atoms with Crippen LogP contribution in [0.1, 0.15) is 30.8 Å². The van der Waals surface area contributed by atoms with Gasteiger partial charge in [-0.25, -0.2) is 13.2 Å². The van der Waals surface area contributed by atoms with Gasteiger partial charge in [-0.3, -0.25) is 4.79 Å². The van der Waals surface area contributed by atoms with E-state index in [4.69, 9.17) is 9.15 Å². The minimum atomic E-state index is -3.58. The van der Waals surface area contributed by atoms with Gasteiger partial charge >= 0.3 is 5.97 Å². The van der Waals surface area contributed by atoms with E-state index in [1.54, 1.807) is 0 Å². The maximum Gasteiger partial charge on any atom is 0.374 e. The van der Waals surface area contributed by atoms with Gasteiger partial charge in [-0.05, 0) is 54.7 Å². The fourth-order valence-electron chi connectivity index (χ4n) is 3.46. The molecule has 2 aromatic rings. The molecule has 1 aliphatic heterocycles. The molecule has 1 amide bonds. The second-order valence-electron chi connectivity index (χ2n) is 7.39. The van der Waals surface area contributed by atoms with Crippen LogP contribution in [0.25, 0.3) is 0 Å². The van der Waals surface area contributed by atoms with Crippen molar-refractivity contribution in [3.05, 3.63) is 48.4 Å². The summed E-state index contributed by atoms with van der Waals surface area (Å²) in [6.45, 7) is 4.63. The number of ether oxygens (including phenoxy) is 1. The van der Waals surface area contributed by atoms with E-state index in [0.717, 1.165) is 6.42 Å². The van der Waals surface area contributed by atoms with E-state index < -0.39 is 28.5 Å². The highest BCUT2D eigenvalue weighted by atomic mass is 32.2. The van der Waals surface area contributed by atoms with Crippen molar-refractivity contribution in [1.29, 1.82) is 0 Å². The second-order valence-corrected chi connectivity index (χ2v) is 9.33. The molecule has 0 radical (unpaired) electrons. The third-order valence-electron chi connectivity index (χ3n) is 4.67. The standard InChI is InChI=1S/C20H24N2O6S/c1-14-10-15(2)12-22(11-14)29(25,26)17-7-5-16(6-8-17)21-19(23)13-28-20(24)18-4-3-9-27-18/h3-9,14-15H,10-13H2,1-2H3,(H,21,23)/t14-,15+. The molecule has 0 bridgehead atoms. The summed E-state index contributed by atoms with van der Waals surface area (Å²) < 4.78 is 37.0. The number of carbonyl (C=O) groups is 2. The number of anilines is 1. The summed E-state index contributed by atoms with van der Waals surface area (Å²) in [5, 5.41) is 2.56. The normalized spacial score (nSPS) is 20.2. The fraction of sp³-hybridized carbons (Fsp3) is 0.400. The van der Waals surface area contributed by atoms with Crippen LogP contribution in [0.3, 0.4) is 0 Å². The lowest BCUT2D eigenvalue weighted by Crippen LogP contribution is -2.42. The van der Waals surface area contributed by atoms with Crippen molar-refractivity contribution in [2.24, 2.45) is 11.8 Å². The lowest BCUT2D eigenvalue weighted by atomic mass is 9.94. The number of furan rings is 1. The zero-order valence-electron chi connectivity index (χ0n) is 16.3. The topological polar surface area (TPSA) is 106 Å². The molecule has 1 aromatic carbocycles. The van der Waals surface area contributed by atoms with Crippen molar-refractivity contribution in [2.45, 2.75) is 25.2 Å². The summed E-state index contributed by atoms with van der Waals surface area (Å²) in [6.07, 6.45) is 2.35. The average Bonchev–Trinajstić information content (AvgIpc) is 3.21. The van der Waals surface area contributed by atoms with E-state index in [0.29, 0.717) is 30.6 Å². The Bertz CT molecular complexity index is 943. The quantitative estimate of drug-likeness (QED) is 0.721. The van der Waals surface area contributed by atoms with Crippen LogP contribution in [0, 0.1) is 11.8 Å². The van der Waals surface area contributed by atoms with Crippen LogP contribution in [-0.4, -0.2) is 44.3 Å². The largest absolute Gasteiger partial charge is 0.457 e. The van der Waals surface area contributed by atoms with Crippen LogP contribution in [0.15, 0.2) is 52.0 Å². The molecule has 1 aliphatic rings. The molecule has 1 saturated heterocycles. The van der Waals surface area contributed by atoms with Gasteiger partial charge in [0.15, 0.2) is 6.61 Å². The van der Waals surface area contributed by atoms with Gasteiger partial charge in [0.2, 0.25) is 15.8 Å². The Hall–Kier alpha value is -2.65. The van der Waals surface area contributed by atoms with Crippen LogP contribution in [0.2, 0.25) is 0 Å². The highest BCUT2D eigenvalue weighted by Crippen LogP contribution is 2.27.